The van der Waals surface area contributed by atoms with Crippen LogP contribution in [0.1, 0.15) is 19.4 Å². The molecule has 1 rings (SSSR count). The molecule has 0 spiro atoms. The number of benzene rings is 1. The van der Waals surface area contributed by atoms with Crippen molar-refractivity contribution in [1.29, 1.82) is 0 Å². The SMILES string of the molecule is CC.Cc1ccc(SN)cc1. The van der Waals surface area contributed by atoms with Crippen LogP contribution in [0.15, 0.2) is 29.2 Å². The fourth-order valence-electron chi connectivity index (χ4n) is 0.617. The Labute approximate surface area is 73.1 Å². The van der Waals surface area contributed by atoms with Gasteiger partial charge in [-0.05, 0) is 31.0 Å². The van der Waals surface area contributed by atoms with Crippen LogP contribution in [-0.2, 0) is 0 Å². The minimum atomic E-state index is 1.11. The van der Waals surface area contributed by atoms with E-state index in [1.54, 1.807) is 0 Å². The molecule has 0 heterocycles. The molecular formula is C9H15NS. The number of hydrogen-bond acceptors (Lipinski definition) is 2. The lowest BCUT2D eigenvalue weighted by molar-refractivity contribution is 1.38. The number of nitrogens with two attached hydrogens (primary N) is 1. The molecule has 1 nitrogen and oxygen atoms in total. The Morgan fingerprint density at radius 1 is 1.09 bits per heavy atom. The van der Waals surface area contributed by atoms with Crippen molar-refractivity contribution < 1.29 is 0 Å². The van der Waals surface area contributed by atoms with E-state index in [1.807, 2.05) is 26.0 Å². The smallest absolute Gasteiger partial charge is 0.0226 e. The van der Waals surface area contributed by atoms with E-state index in [0.717, 1.165) is 4.90 Å². The second-order valence-electron chi connectivity index (χ2n) is 1.93. The number of rotatable bonds is 1. The quantitative estimate of drug-likeness (QED) is 0.654. The number of aryl methyl sites for hydroxylation is 1. The Morgan fingerprint density at radius 3 is 1.91 bits per heavy atom. The van der Waals surface area contributed by atoms with Crippen LogP contribution in [0.25, 0.3) is 0 Å². The summed E-state index contributed by atoms with van der Waals surface area (Å²) in [6, 6.07) is 8.13. The molecule has 0 aliphatic carbocycles. The zero-order valence-corrected chi connectivity index (χ0v) is 8.11. The summed E-state index contributed by atoms with van der Waals surface area (Å²) in [6.07, 6.45) is 0. The molecule has 0 unspecified atom stereocenters. The van der Waals surface area contributed by atoms with Gasteiger partial charge in [0.1, 0.15) is 0 Å². The molecular weight excluding hydrogens is 154 g/mol. The van der Waals surface area contributed by atoms with Crippen LogP contribution in [0.4, 0.5) is 0 Å². The summed E-state index contributed by atoms with van der Waals surface area (Å²) in [5.74, 6) is 0. The van der Waals surface area contributed by atoms with E-state index in [4.69, 9.17) is 5.14 Å². The van der Waals surface area contributed by atoms with Gasteiger partial charge in [0.05, 0.1) is 0 Å². The van der Waals surface area contributed by atoms with Crippen molar-refractivity contribution in [3.8, 4) is 0 Å². The molecule has 0 radical (unpaired) electrons. The van der Waals surface area contributed by atoms with E-state index >= 15 is 0 Å². The van der Waals surface area contributed by atoms with Gasteiger partial charge in [-0.25, -0.2) is 0 Å². The van der Waals surface area contributed by atoms with Crippen molar-refractivity contribution in [2.45, 2.75) is 25.7 Å². The van der Waals surface area contributed by atoms with Crippen molar-refractivity contribution in [1.82, 2.24) is 0 Å². The first-order valence-corrected chi connectivity index (χ1v) is 4.64. The molecule has 0 saturated carbocycles. The van der Waals surface area contributed by atoms with Gasteiger partial charge in [0.15, 0.2) is 0 Å². The zero-order valence-electron chi connectivity index (χ0n) is 7.29. The lowest BCUT2D eigenvalue weighted by Gasteiger charge is -1.93. The summed E-state index contributed by atoms with van der Waals surface area (Å²) in [7, 11) is 0. The van der Waals surface area contributed by atoms with Gasteiger partial charge >= 0.3 is 0 Å². The van der Waals surface area contributed by atoms with Gasteiger partial charge in [-0.15, -0.1) is 0 Å². The van der Waals surface area contributed by atoms with E-state index in [0.29, 0.717) is 0 Å². The maximum absolute atomic E-state index is 5.32. The Bertz CT molecular complexity index is 181. The second kappa shape index (κ2) is 6.25. The largest absolute Gasteiger partial charge is 0.274 e. The highest BCUT2D eigenvalue weighted by atomic mass is 32.2. The minimum Gasteiger partial charge on any atom is -0.274 e. The average Bonchev–Trinajstić information content (AvgIpc) is 2.10. The van der Waals surface area contributed by atoms with Gasteiger partial charge in [-0.2, -0.15) is 0 Å². The predicted octanol–water partition coefficient (Wildman–Crippen LogP) is 2.99. The zero-order chi connectivity index (χ0) is 8.69. The molecule has 2 heteroatoms. The van der Waals surface area contributed by atoms with Gasteiger partial charge in [-0.1, -0.05) is 31.5 Å². The first-order chi connectivity index (χ1) is 5.33. The summed E-state index contributed by atoms with van der Waals surface area (Å²) in [4.78, 5) is 1.11. The van der Waals surface area contributed by atoms with Gasteiger partial charge in [0, 0.05) is 4.90 Å². The highest BCUT2D eigenvalue weighted by Crippen LogP contribution is 2.11. The Hall–Kier alpha value is -0.470. The summed E-state index contributed by atoms with van der Waals surface area (Å²) >= 11 is 1.28. The third-order valence-electron chi connectivity index (χ3n) is 1.16. The molecule has 0 atom stereocenters. The van der Waals surface area contributed by atoms with Crippen LogP contribution in [0.5, 0.6) is 0 Å². The standard InChI is InChI=1S/C7H9NS.C2H6/c1-6-2-4-7(9-8)5-3-6;1-2/h2-5H,8H2,1H3;1-2H3. The molecule has 11 heavy (non-hydrogen) atoms. The van der Waals surface area contributed by atoms with Crippen LogP contribution in [0.2, 0.25) is 0 Å². The fraction of sp³-hybridized carbons (Fsp3) is 0.333. The molecule has 2 N–H and O–H groups in total. The topological polar surface area (TPSA) is 26.0 Å². The van der Waals surface area contributed by atoms with Gasteiger partial charge in [0.25, 0.3) is 0 Å². The monoisotopic (exact) mass is 169 g/mol. The maximum atomic E-state index is 5.32. The lowest BCUT2D eigenvalue weighted by atomic mass is 10.2. The predicted molar refractivity (Wildman–Crippen MR) is 52.6 cm³/mol. The minimum absolute atomic E-state index is 1.11. The summed E-state index contributed by atoms with van der Waals surface area (Å²) in [5, 5.41) is 5.32. The third-order valence-corrected chi connectivity index (χ3v) is 1.70. The van der Waals surface area contributed by atoms with Crippen molar-refractivity contribution in [2.75, 3.05) is 0 Å². The first-order valence-electron chi connectivity index (χ1n) is 3.76. The van der Waals surface area contributed by atoms with E-state index in [9.17, 15) is 0 Å². The lowest BCUT2D eigenvalue weighted by Crippen LogP contribution is -1.78. The highest BCUT2D eigenvalue weighted by Gasteiger charge is 1.85. The molecule has 0 amide bonds. The van der Waals surface area contributed by atoms with E-state index in [1.165, 1.54) is 17.5 Å². The van der Waals surface area contributed by atoms with E-state index in [-0.39, 0.29) is 0 Å². The normalized spacial score (nSPS) is 8.36. The third kappa shape index (κ3) is 4.06. The maximum Gasteiger partial charge on any atom is 0.0226 e. The molecule has 0 fully saturated rings. The Balaban J connectivity index is 0.000000461. The molecule has 0 aliphatic rings. The highest BCUT2D eigenvalue weighted by molar-refractivity contribution is 7.97. The van der Waals surface area contributed by atoms with Crippen molar-refractivity contribution >= 4 is 11.9 Å². The molecule has 0 saturated heterocycles. The first kappa shape index (κ1) is 10.5. The number of hydrogen-bond donors (Lipinski definition) is 1. The summed E-state index contributed by atoms with van der Waals surface area (Å²) in [6.45, 7) is 6.06. The van der Waals surface area contributed by atoms with Crippen LogP contribution in [0.3, 0.4) is 0 Å². The van der Waals surface area contributed by atoms with Crippen LogP contribution in [0, 0.1) is 6.92 Å². The average molecular weight is 169 g/mol. The molecule has 62 valence electrons. The van der Waals surface area contributed by atoms with Gasteiger partial charge in [-0.3, -0.25) is 5.14 Å². The van der Waals surface area contributed by atoms with Crippen LogP contribution in [-0.4, -0.2) is 0 Å². The molecule has 0 aromatic heterocycles. The molecule has 1 aromatic rings. The molecule has 0 bridgehead atoms. The van der Waals surface area contributed by atoms with E-state index in [2.05, 4.69) is 19.1 Å². The second-order valence-corrected chi connectivity index (χ2v) is 2.64. The van der Waals surface area contributed by atoms with Crippen LogP contribution < -0.4 is 5.14 Å². The van der Waals surface area contributed by atoms with Crippen molar-refractivity contribution in [3.63, 3.8) is 0 Å². The van der Waals surface area contributed by atoms with E-state index < -0.39 is 0 Å². The Kier molecular flexibility index (Phi) is 5.99. The van der Waals surface area contributed by atoms with Crippen molar-refractivity contribution in [2.24, 2.45) is 5.14 Å². The fourth-order valence-corrected chi connectivity index (χ4v) is 0.910. The molecule has 0 aliphatic heterocycles. The Morgan fingerprint density at radius 2 is 1.55 bits per heavy atom. The van der Waals surface area contributed by atoms with Crippen molar-refractivity contribution in [3.05, 3.63) is 29.8 Å². The van der Waals surface area contributed by atoms with Gasteiger partial charge < -0.3 is 0 Å². The summed E-state index contributed by atoms with van der Waals surface area (Å²) < 4.78 is 0. The molecule has 1 aromatic carbocycles. The summed E-state index contributed by atoms with van der Waals surface area (Å²) in [5.41, 5.74) is 1.27. The van der Waals surface area contributed by atoms with Gasteiger partial charge in [0.2, 0.25) is 0 Å². The van der Waals surface area contributed by atoms with Crippen LogP contribution >= 0.6 is 11.9 Å².